The third kappa shape index (κ3) is 3.36. The smallest absolute Gasteiger partial charge is 0.307 e. The number of ether oxygens (including phenoxy) is 2. The first-order valence-electron chi connectivity index (χ1n) is 8.04. The van der Waals surface area contributed by atoms with Gasteiger partial charge in [0.1, 0.15) is 30.2 Å². The molecule has 0 unspecified atom stereocenters. The summed E-state index contributed by atoms with van der Waals surface area (Å²) in [7, 11) is 0. The maximum atomic E-state index is 12.0. The first-order valence-corrected chi connectivity index (χ1v) is 8.04. The molecule has 0 radical (unpaired) electrons. The first-order chi connectivity index (χ1) is 12.7. The average molecular weight is 385 g/mol. The van der Waals surface area contributed by atoms with E-state index in [1.165, 1.54) is 18.2 Å². The number of aliphatic hydroxyl groups is 5. The normalized spacial score (nSPS) is 35.4. The number of fused-ring (bicyclic) bond motifs is 1. The molecular weight excluding hydrogens is 366 g/mol. The van der Waals surface area contributed by atoms with Crippen LogP contribution in [0.25, 0.3) is 0 Å². The number of nitrogens with one attached hydrogen (secondary N) is 1. The fraction of sp³-hybridized carbons (Fsp3) is 0.500. The zero-order valence-electron chi connectivity index (χ0n) is 13.8. The lowest BCUT2D eigenvalue weighted by molar-refractivity contribution is -0.277. The third-order valence-electron chi connectivity index (χ3n) is 4.57. The summed E-state index contributed by atoms with van der Waals surface area (Å²) in [5, 5.41) is 60.6. The SMILES string of the molecule is O=C(O)C[C@@]1(O)C(=O)Nc2ccc(O[C@@H]3O[C@H](CO)[C@@H](O)[C@H](O)[C@H]3O)cc21. The summed E-state index contributed by atoms with van der Waals surface area (Å²) in [5.41, 5.74) is -2.13. The number of hydrogen-bond donors (Lipinski definition) is 7. The number of aliphatic carboxylic acids is 1. The monoisotopic (exact) mass is 385 g/mol. The van der Waals surface area contributed by atoms with Crippen LogP contribution in [-0.2, 0) is 19.9 Å². The number of anilines is 1. The van der Waals surface area contributed by atoms with Crippen LogP contribution in [-0.4, -0.2) is 79.8 Å². The number of amides is 1. The Morgan fingerprint density at radius 3 is 2.56 bits per heavy atom. The number of hydrogen-bond acceptors (Lipinski definition) is 9. The Balaban J connectivity index is 1.86. The summed E-state index contributed by atoms with van der Waals surface area (Å²) in [6, 6.07) is 3.94. The van der Waals surface area contributed by atoms with Crippen LogP contribution in [0.2, 0.25) is 0 Å². The molecule has 1 saturated heterocycles. The summed E-state index contributed by atoms with van der Waals surface area (Å²) in [5.74, 6) is -2.29. The van der Waals surface area contributed by atoms with Crippen molar-refractivity contribution in [3.8, 4) is 5.75 Å². The maximum absolute atomic E-state index is 12.0. The number of carboxylic acids is 1. The lowest BCUT2D eigenvalue weighted by atomic mass is 9.92. The summed E-state index contributed by atoms with van der Waals surface area (Å²) < 4.78 is 10.6. The van der Waals surface area contributed by atoms with E-state index >= 15 is 0 Å². The van der Waals surface area contributed by atoms with Crippen LogP contribution in [0.15, 0.2) is 18.2 Å². The highest BCUT2D eigenvalue weighted by atomic mass is 16.7. The van der Waals surface area contributed by atoms with Gasteiger partial charge in [0.15, 0.2) is 5.60 Å². The van der Waals surface area contributed by atoms with E-state index in [2.05, 4.69) is 5.32 Å². The molecule has 2 aliphatic rings. The van der Waals surface area contributed by atoms with Gasteiger partial charge in [0.2, 0.25) is 6.29 Å². The van der Waals surface area contributed by atoms with Crippen molar-refractivity contribution in [1.29, 1.82) is 0 Å². The molecule has 7 N–H and O–H groups in total. The highest BCUT2D eigenvalue weighted by Gasteiger charge is 2.48. The molecule has 27 heavy (non-hydrogen) atoms. The summed E-state index contributed by atoms with van der Waals surface area (Å²) in [6.45, 7) is -0.633. The number of benzene rings is 1. The Morgan fingerprint density at radius 2 is 1.93 bits per heavy atom. The Kier molecular flexibility index (Phi) is 5.08. The molecule has 0 bridgehead atoms. The average Bonchev–Trinajstić information content (AvgIpc) is 2.85. The van der Waals surface area contributed by atoms with Gasteiger partial charge in [0.25, 0.3) is 5.91 Å². The zero-order chi connectivity index (χ0) is 19.9. The van der Waals surface area contributed by atoms with E-state index < -0.39 is 61.2 Å². The van der Waals surface area contributed by atoms with Crippen LogP contribution in [0.4, 0.5) is 5.69 Å². The molecule has 2 aliphatic heterocycles. The second-order valence-corrected chi connectivity index (χ2v) is 6.41. The highest BCUT2D eigenvalue weighted by Crippen LogP contribution is 2.40. The van der Waals surface area contributed by atoms with Crippen molar-refractivity contribution >= 4 is 17.6 Å². The van der Waals surface area contributed by atoms with E-state index in [4.69, 9.17) is 14.6 Å². The molecule has 148 valence electrons. The van der Waals surface area contributed by atoms with E-state index in [1.807, 2.05) is 0 Å². The van der Waals surface area contributed by atoms with Crippen molar-refractivity contribution in [2.45, 2.75) is 42.7 Å². The molecule has 0 aliphatic carbocycles. The number of carboxylic acid groups (broad SMARTS) is 1. The second-order valence-electron chi connectivity index (χ2n) is 6.41. The van der Waals surface area contributed by atoms with Crippen LogP contribution in [0.5, 0.6) is 5.75 Å². The molecule has 0 saturated carbocycles. The quantitative estimate of drug-likeness (QED) is 0.285. The minimum Gasteiger partial charge on any atom is -0.481 e. The molecule has 0 spiro atoms. The number of aliphatic hydroxyl groups excluding tert-OH is 4. The van der Waals surface area contributed by atoms with Gasteiger partial charge in [-0.15, -0.1) is 0 Å². The number of carbonyl (C=O) groups is 2. The number of rotatable bonds is 5. The molecule has 11 nitrogen and oxygen atoms in total. The van der Waals surface area contributed by atoms with E-state index in [0.29, 0.717) is 0 Å². The van der Waals surface area contributed by atoms with Gasteiger partial charge in [-0.3, -0.25) is 9.59 Å². The van der Waals surface area contributed by atoms with E-state index in [-0.39, 0.29) is 17.0 Å². The molecule has 6 atom stereocenters. The van der Waals surface area contributed by atoms with Crippen LogP contribution in [0, 0.1) is 0 Å². The van der Waals surface area contributed by atoms with Gasteiger partial charge in [0, 0.05) is 11.3 Å². The molecule has 0 aromatic heterocycles. The predicted octanol–water partition coefficient (Wildman–Crippen LogP) is -2.52. The fourth-order valence-electron chi connectivity index (χ4n) is 3.09. The largest absolute Gasteiger partial charge is 0.481 e. The van der Waals surface area contributed by atoms with Crippen molar-refractivity contribution in [2.75, 3.05) is 11.9 Å². The third-order valence-corrected chi connectivity index (χ3v) is 4.57. The van der Waals surface area contributed by atoms with Gasteiger partial charge in [-0.1, -0.05) is 0 Å². The molecule has 1 fully saturated rings. The summed E-state index contributed by atoms with van der Waals surface area (Å²) in [6.07, 6.45) is -8.33. The van der Waals surface area contributed by atoms with E-state index in [1.54, 1.807) is 0 Å². The van der Waals surface area contributed by atoms with Crippen molar-refractivity contribution in [2.24, 2.45) is 0 Å². The minimum absolute atomic E-state index is 0.00149. The molecule has 2 heterocycles. The molecule has 1 aromatic carbocycles. The van der Waals surface area contributed by atoms with Crippen molar-refractivity contribution in [3.05, 3.63) is 23.8 Å². The van der Waals surface area contributed by atoms with Crippen LogP contribution in [0.1, 0.15) is 12.0 Å². The molecule has 1 amide bonds. The van der Waals surface area contributed by atoms with Crippen molar-refractivity contribution in [3.63, 3.8) is 0 Å². The lowest BCUT2D eigenvalue weighted by Crippen LogP contribution is -2.60. The van der Waals surface area contributed by atoms with Gasteiger partial charge in [0.05, 0.1) is 13.0 Å². The Morgan fingerprint density at radius 1 is 1.22 bits per heavy atom. The Hall–Kier alpha value is -2.28. The molecule has 3 rings (SSSR count). The predicted molar refractivity (Wildman–Crippen MR) is 85.6 cm³/mol. The van der Waals surface area contributed by atoms with Gasteiger partial charge < -0.3 is 45.4 Å². The second kappa shape index (κ2) is 7.03. The summed E-state index contributed by atoms with van der Waals surface area (Å²) in [4.78, 5) is 23.0. The molecule has 11 heteroatoms. The lowest BCUT2D eigenvalue weighted by Gasteiger charge is -2.39. The molecular formula is C16H19NO10. The maximum Gasteiger partial charge on any atom is 0.307 e. The number of carbonyl (C=O) groups excluding carboxylic acids is 1. The van der Waals surface area contributed by atoms with Gasteiger partial charge >= 0.3 is 5.97 Å². The minimum atomic E-state index is -2.30. The zero-order valence-corrected chi connectivity index (χ0v) is 13.8. The highest BCUT2D eigenvalue weighted by molar-refractivity contribution is 6.06. The Labute approximate surface area is 152 Å². The van der Waals surface area contributed by atoms with Crippen molar-refractivity contribution in [1.82, 2.24) is 0 Å². The molecule has 1 aromatic rings. The van der Waals surface area contributed by atoms with Crippen LogP contribution in [0.3, 0.4) is 0 Å². The fourth-order valence-corrected chi connectivity index (χ4v) is 3.09. The topological polar surface area (TPSA) is 186 Å². The van der Waals surface area contributed by atoms with Gasteiger partial charge in [-0.05, 0) is 18.2 Å². The van der Waals surface area contributed by atoms with Gasteiger partial charge in [-0.2, -0.15) is 0 Å². The summed E-state index contributed by atoms with van der Waals surface area (Å²) >= 11 is 0. The van der Waals surface area contributed by atoms with Crippen LogP contribution >= 0.6 is 0 Å². The Bertz CT molecular complexity index is 753. The van der Waals surface area contributed by atoms with Crippen LogP contribution < -0.4 is 10.1 Å². The van der Waals surface area contributed by atoms with Gasteiger partial charge in [-0.25, -0.2) is 0 Å². The van der Waals surface area contributed by atoms with Crippen molar-refractivity contribution < 1.29 is 49.7 Å². The van der Waals surface area contributed by atoms with E-state index in [0.717, 1.165) is 0 Å². The van der Waals surface area contributed by atoms with E-state index in [9.17, 15) is 35.1 Å². The standard InChI is InChI=1S/C16H19NO10/c18-5-9-11(21)12(22)13(23)14(27-9)26-6-1-2-8-7(3-6)16(25,4-10(19)20)15(24)17-8/h1-3,9,11-14,18,21-23,25H,4-5H2,(H,17,24)(H,19,20)/t9-,11-,12+,13-,14-,16+/m1/s1. The first kappa shape index (κ1) is 19.5.